The van der Waals surface area contributed by atoms with E-state index in [1.807, 2.05) is 42.6 Å². The number of nitrogens with one attached hydrogen (secondary N) is 1. The fraction of sp³-hybridized carbons (Fsp3) is 0.278. The van der Waals surface area contributed by atoms with Crippen LogP contribution in [0.3, 0.4) is 0 Å². The van der Waals surface area contributed by atoms with Gasteiger partial charge in [0.2, 0.25) is 5.91 Å². The smallest absolute Gasteiger partial charge is 0.230 e. The predicted octanol–water partition coefficient (Wildman–Crippen LogP) is 3.67. The van der Waals surface area contributed by atoms with Crippen molar-refractivity contribution in [3.63, 3.8) is 0 Å². The average molecular weight is 373 g/mol. The van der Waals surface area contributed by atoms with Gasteiger partial charge in [-0.25, -0.2) is 0 Å². The van der Waals surface area contributed by atoms with Crippen molar-refractivity contribution in [2.75, 3.05) is 12.3 Å². The Morgan fingerprint density at radius 1 is 1.20 bits per heavy atom. The molecule has 25 heavy (non-hydrogen) atoms. The van der Waals surface area contributed by atoms with Gasteiger partial charge >= 0.3 is 0 Å². The normalized spacial score (nSPS) is 10.8. The van der Waals surface area contributed by atoms with Crippen LogP contribution in [0.2, 0.25) is 0 Å². The number of nitrogens with zero attached hydrogens (tertiary/aromatic N) is 3. The molecule has 0 saturated carbocycles. The number of aromatic nitrogens is 3. The summed E-state index contributed by atoms with van der Waals surface area (Å²) in [7, 11) is 0. The molecule has 1 amide bonds. The molecule has 3 aromatic rings. The monoisotopic (exact) mass is 372 g/mol. The zero-order valence-electron chi connectivity index (χ0n) is 14.0. The van der Waals surface area contributed by atoms with Crippen molar-refractivity contribution in [3.05, 3.63) is 53.4 Å². The first-order valence-corrected chi connectivity index (χ1v) is 10.0. The number of carbonyl (C=O) groups is 1. The molecule has 0 fully saturated rings. The molecule has 2 heterocycles. The van der Waals surface area contributed by atoms with Gasteiger partial charge in [-0.1, -0.05) is 55.1 Å². The first-order valence-electron chi connectivity index (χ1n) is 8.18. The Morgan fingerprint density at radius 3 is 2.76 bits per heavy atom. The van der Waals surface area contributed by atoms with Gasteiger partial charge in [-0.2, -0.15) is 0 Å². The van der Waals surface area contributed by atoms with Crippen LogP contribution < -0.4 is 5.32 Å². The summed E-state index contributed by atoms with van der Waals surface area (Å²) >= 11 is 3.06. The topological polar surface area (TPSA) is 59.8 Å². The van der Waals surface area contributed by atoms with Gasteiger partial charge in [-0.3, -0.25) is 9.36 Å². The molecule has 1 N–H and O–H groups in total. The highest BCUT2D eigenvalue weighted by atomic mass is 32.2. The lowest BCUT2D eigenvalue weighted by molar-refractivity contribution is -0.118. The van der Waals surface area contributed by atoms with Crippen molar-refractivity contribution in [2.45, 2.75) is 25.0 Å². The van der Waals surface area contributed by atoms with Crippen molar-refractivity contribution in [1.29, 1.82) is 0 Å². The lowest BCUT2D eigenvalue weighted by atomic mass is 10.2. The first-order chi connectivity index (χ1) is 12.3. The Kier molecular flexibility index (Phi) is 6.25. The molecule has 1 aromatic carbocycles. The third kappa shape index (κ3) is 4.70. The minimum atomic E-state index is 0.0267. The lowest BCUT2D eigenvalue weighted by Crippen LogP contribution is -2.25. The van der Waals surface area contributed by atoms with Crippen LogP contribution in [0.5, 0.6) is 0 Å². The lowest BCUT2D eigenvalue weighted by Gasteiger charge is -2.09. The Hall–Kier alpha value is -2.12. The molecule has 0 unspecified atom stereocenters. The van der Waals surface area contributed by atoms with E-state index < -0.39 is 0 Å². The number of thioether (sulfide) groups is 1. The highest BCUT2D eigenvalue weighted by molar-refractivity contribution is 7.99. The molecule has 0 radical (unpaired) electrons. The van der Waals surface area contributed by atoms with E-state index in [1.54, 1.807) is 11.3 Å². The van der Waals surface area contributed by atoms with Crippen LogP contribution in [0.25, 0.3) is 10.7 Å². The average Bonchev–Trinajstić information content (AvgIpc) is 3.29. The van der Waals surface area contributed by atoms with Crippen molar-refractivity contribution < 1.29 is 4.79 Å². The van der Waals surface area contributed by atoms with Gasteiger partial charge < -0.3 is 5.32 Å². The highest BCUT2D eigenvalue weighted by Crippen LogP contribution is 2.28. The molecule has 0 aliphatic carbocycles. The summed E-state index contributed by atoms with van der Waals surface area (Å²) < 4.78 is 2.08. The molecule has 0 bridgehead atoms. The molecule has 3 rings (SSSR count). The van der Waals surface area contributed by atoms with Gasteiger partial charge in [0.05, 0.1) is 17.2 Å². The van der Waals surface area contributed by atoms with E-state index in [-0.39, 0.29) is 5.91 Å². The molecule has 0 atom stereocenters. The second kappa shape index (κ2) is 8.82. The molecule has 0 saturated heterocycles. The summed E-state index contributed by atoms with van der Waals surface area (Å²) in [6.07, 6.45) is 0.934. The number of rotatable bonds is 8. The third-order valence-corrected chi connectivity index (χ3v) is 5.38. The number of benzene rings is 1. The Bertz CT molecular complexity index is 800. The summed E-state index contributed by atoms with van der Waals surface area (Å²) in [5.74, 6) is 1.21. The summed E-state index contributed by atoms with van der Waals surface area (Å²) in [6.45, 7) is 3.42. The van der Waals surface area contributed by atoms with Crippen molar-refractivity contribution >= 4 is 29.0 Å². The highest BCUT2D eigenvalue weighted by Gasteiger charge is 2.16. The van der Waals surface area contributed by atoms with E-state index in [9.17, 15) is 4.79 Å². The standard InChI is InChI=1S/C18H20N4OS2/c1-2-10-19-16(23)13-25-18-21-20-17(15-9-6-11-24-15)22(18)12-14-7-4-3-5-8-14/h3-9,11H,2,10,12-13H2,1H3,(H,19,23). The molecule has 130 valence electrons. The Balaban J connectivity index is 1.81. The number of thiophene rings is 1. The van der Waals surface area contributed by atoms with Crippen LogP contribution in [0.1, 0.15) is 18.9 Å². The van der Waals surface area contributed by atoms with E-state index in [4.69, 9.17) is 0 Å². The second-order valence-corrected chi connectivity index (χ2v) is 7.38. The van der Waals surface area contributed by atoms with Crippen molar-refractivity contribution in [1.82, 2.24) is 20.1 Å². The van der Waals surface area contributed by atoms with Gasteiger partial charge in [0.25, 0.3) is 0 Å². The van der Waals surface area contributed by atoms with E-state index in [0.717, 1.165) is 22.3 Å². The summed E-state index contributed by atoms with van der Waals surface area (Å²) in [5, 5.41) is 14.4. The van der Waals surface area contributed by atoms with Gasteiger partial charge in [0, 0.05) is 6.54 Å². The number of hydrogen-bond acceptors (Lipinski definition) is 5. The fourth-order valence-corrected chi connectivity index (χ4v) is 3.82. The van der Waals surface area contributed by atoms with E-state index in [0.29, 0.717) is 18.8 Å². The van der Waals surface area contributed by atoms with Crippen LogP contribution in [0.4, 0.5) is 0 Å². The number of carbonyl (C=O) groups excluding carboxylic acids is 1. The summed E-state index contributed by atoms with van der Waals surface area (Å²) in [5.41, 5.74) is 1.18. The van der Waals surface area contributed by atoms with Gasteiger partial charge in [0.15, 0.2) is 11.0 Å². The molecule has 7 heteroatoms. The molecule has 5 nitrogen and oxygen atoms in total. The zero-order valence-corrected chi connectivity index (χ0v) is 15.6. The molecule has 0 aliphatic rings. The van der Waals surface area contributed by atoms with E-state index >= 15 is 0 Å². The summed E-state index contributed by atoms with van der Waals surface area (Å²) in [4.78, 5) is 13.0. The maximum Gasteiger partial charge on any atom is 0.230 e. The minimum absolute atomic E-state index is 0.0267. The first kappa shape index (κ1) is 17.7. The zero-order chi connectivity index (χ0) is 17.5. The van der Waals surface area contributed by atoms with Crippen molar-refractivity contribution in [2.24, 2.45) is 0 Å². The molecule has 0 aliphatic heterocycles. The number of amides is 1. The SMILES string of the molecule is CCCNC(=O)CSc1nnc(-c2cccs2)n1Cc1ccccc1. The Morgan fingerprint density at radius 2 is 2.04 bits per heavy atom. The van der Waals surface area contributed by atoms with Crippen LogP contribution in [0.15, 0.2) is 53.0 Å². The van der Waals surface area contributed by atoms with E-state index in [1.165, 1.54) is 17.3 Å². The van der Waals surface area contributed by atoms with E-state index in [2.05, 4.69) is 32.2 Å². The van der Waals surface area contributed by atoms with Gasteiger partial charge in [0.1, 0.15) is 0 Å². The van der Waals surface area contributed by atoms with Crippen LogP contribution >= 0.6 is 23.1 Å². The largest absolute Gasteiger partial charge is 0.355 e. The molecule has 2 aromatic heterocycles. The second-order valence-electron chi connectivity index (χ2n) is 5.49. The predicted molar refractivity (Wildman–Crippen MR) is 103 cm³/mol. The minimum Gasteiger partial charge on any atom is -0.355 e. The molecular weight excluding hydrogens is 352 g/mol. The van der Waals surface area contributed by atoms with Crippen LogP contribution in [-0.4, -0.2) is 33.0 Å². The van der Waals surface area contributed by atoms with Gasteiger partial charge in [-0.05, 0) is 23.4 Å². The number of hydrogen-bond donors (Lipinski definition) is 1. The fourth-order valence-electron chi connectivity index (χ4n) is 2.34. The Labute approximate surface area is 155 Å². The summed E-state index contributed by atoms with van der Waals surface area (Å²) in [6, 6.07) is 14.3. The third-order valence-electron chi connectivity index (χ3n) is 3.55. The maximum absolute atomic E-state index is 11.9. The van der Waals surface area contributed by atoms with Crippen molar-refractivity contribution in [3.8, 4) is 10.7 Å². The molecule has 0 spiro atoms. The van der Waals surface area contributed by atoms with Crippen LogP contribution in [0, 0.1) is 0 Å². The quantitative estimate of drug-likeness (QED) is 0.613. The molecular formula is C18H20N4OS2. The maximum atomic E-state index is 11.9. The van der Waals surface area contributed by atoms with Gasteiger partial charge in [-0.15, -0.1) is 21.5 Å². The van der Waals surface area contributed by atoms with Crippen LogP contribution in [-0.2, 0) is 11.3 Å².